The number of aromatic nitrogens is 2. The summed E-state index contributed by atoms with van der Waals surface area (Å²) in [4.78, 5) is 12.3. The number of alkyl halides is 3. The van der Waals surface area contributed by atoms with E-state index in [1.807, 2.05) is 0 Å². The van der Waals surface area contributed by atoms with Gasteiger partial charge in [-0.15, -0.1) is 0 Å². The standard InChI is InChI=1S/C13H16F3N3O/c1-18-5-10(11(17-18)13(14,15)16)9-2-3-12(4-9)6-19(7-12)8-20/h5,8-9H,2-4,6-7H2,1H3. The lowest BCUT2D eigenvalue weighted by Gasteiger charge is -2.46. The van der Waals surface area contributed by atoms with Crippen LogP contribution in [0.2, 0.25) is 0 Å². The van der Waals surface area contributed by atoms with Crippen LogP contribution in [-0.2, 0) is 18.0 Å². The highest BCUT2D eigenvalue weighted by Crippen LogP contribution is 2.52. The molecular formula is C13H16F3N3O. The second-order valence-corrected chi connectivity index (χ2v) is 6.05. The van der Waals surface area contributed by atoms with Crippen LogP contribution in [-0.4, -0.2) is 34.2 Å². The lowest BCUT2D eigenvalue weighted by molar-refractivity contribution is -0.142. The maximum Gasteiger partial charge on any atom is 0.435 e. The minimum atomic E-state index is -4.40. The summed E-state index contributed by atoms with van der Waals surface area (Å²) in [6.07, 6.45) is 0.231. The Morgan fingerprint density at radius 1 is 1.45 bits per heavy atom. The number of amides is 1. The molecule has 1 aromatic heterocycles. The number of halogens is 3. The molecule has 7 heteroatoms. The van der Waals surface area contributed by atoms with Crippen LogP contribution in [0.3, 0.4) is 0 Å². The molecular weight excluding hydrogens is 271 g/mol. The van der Waals surface area contributed by atoms with Crippen LogP contribution >= 0.6 is 0 Å². The summed E-state index contributed by atoms with van der Waals surface area (Å²) < 4.78 is 40.2. The van der Waals surface area contributed by atoms with Crippen LogP contribution in [0.5, 0.6) is 0 Å². The van der Waals surface area contributed by atoms with E-state index in [1.54, 1.807) is 4.90 Å². The van der Waals surface area contributed by atoms with E-state index in [0.29, 0.717) is 25.1 Å². The van der Waals surface area contributed by atoms with Gasteiger partial charge in [-0.25, -0.2) is 0 Å². The van der Waals surface area contributed by atoms with E-state index in [9.17, 15) is 18.0 Å². The van der Waals surface area contributed by atoms with Gasteiger partial charge in [0.15, 0.2) is 5.69 Å². The van der Waals surface area contributed by atoms with E-state index in [-0.39, 0.29) is 11.3 Å². The Labute approximate surface area is 114 Å². The molecule has 1 unspecified atom stereocenters. The predicted molar refractivity (Wildman–Crippen MR) is 64.9 cm³/mol. The SMILES string of the molecule is Cn1cc(C2CCC3(C2)CN(C=O)C3)c(C(F)(F)F)n1. The summed E-state index contributed by atoms with van der Waals surface area (Å²) in [6.45, 7) is 1.35. The van der Waals surface area contributed by atoms with Gasteiger partial charge in [-0.05, 0) is 25.2 Å². The lowest BCUT2D eigenvalue weighted by atomic mass is 9.77. The third-order valence-corrected chi connectivity index (χ3v) is 4.49. The Hall–Kier alpha value is -1.53. The van der Waals surface area contributed by atoms with Crippen molar-refractivity contribution in [1.29, 1.82) is 0 Å². The van der Waals surface area contributed by atoms with Gasteiger partial charge in [-0.3, -0.25) is 9.48 Å². The number of hydrogen-bond acceptors (Lipinski definition) is 2. The fraction of sp³-hybridized carbons (Fsp3) is 0.692. The number of carbonyl (C=O) groups excluding carboxylic acids is 1. The number of hydrogen-bond donors (Lipinski definition) is 0. The molecule has 1 aliphatic carbocycles. The first kappa shape index (κ1) is 13.5. The minimum absolute atomic E-state index is 0.0320. The molecule has 1 spiro atoms. The monoisotopic (exact) mass is 287 g/mol. The third-order valence-electron chi connectivity index (χ3n) is 4.49. The van der Waals surface area contributed by atoms with Crippen molar-refractivity contribution in [1.82, 2.24) is 14.7 Å². The van der Waals surface area contributed by atoms with Crippen molar-refractivity contribution in [3.05, 3.63) is 17.5 Å². The Morgan fingerprint density at radius 2 is 2.15 bits per heavy atom. The topological polar surface area (TPSA) is 38.1 Å². The van der Waals surface area contributed by atoms with Crippen molar-refractivity contribution in [3.63, 3.8) is 0 Å². The molecule has 3 rings (SSSR count). The van der Waals surface area contributed by atoms with Crippen molar-refractivity contribution >= 4 is 6.41 Å². The van der Waals surface area contributed by atoms with Crippen LogP contribution in [0.4, 0.5) is 13.2 Å². The van der Waals surface area contributed by atoms with Crippen LogP contribution in [0.1, 0.15) is 36.4 Å². The first-order valence-electron chi connectivity index (χ1n) is 6.63. The molecule has 0 aromatic carbocycles. The molecule has 2 heterocycles. The average molecular weight is 287 g/mol. The van der Waals surface area contributed by atoms with Gasteiger partial charge < -0.3 is 4.90 Å². The fourth-order valence-electron chi connectivity index (χ4n) is 3.68. The van der Waals surface area contributed by atoms with Crippen molar-refractivity contribution in [2.75, 3.05) is 13.1 Å². The molecule has 1 amide bonds. The molecule has 20 heavy (non-hydrogen) atoms. The number of rotatable bonds is 2. The van der Waals surface area contributed by atoms with Gasteiger partial charge >= 0.3 is 6.18 Å². The van der Waals surface area contributed by atoms with Gasteiger partial charge in [-0.1, -0.05) is 0 Å². The summed E-state index contributed by atoms with van der Waals surface area (Å²) >= 11 is 0. The molecule has 1 aromatic rings. The molecule has 1 aliphatic heterocycles. The Bertz CT molecular complexity index is 531. The lowest BCUT2D eigenvalue weighted by Crippen LogP contribution is -2.54. The van der Waals surface area contributed by atoms with E-state index >= 15 is 0 Å². The van der Waals surface area contributed by atoms with Crippen molar-refractivity contribution in [3.8, 4) is 0 Å². The van der Waals surface area contributed by atoms with Gasteiger partial charge in [0.25, 0.3) is 0 Å². The Balaban J connectivity index is 1.80. The van der Waals surface area contributed by atoms with Crippen LogP contribution in [0.15, 0.2) is 6.20 Å². The summed E-state index contributed by atoms with van der Waals surface area (Å²) in [5.41, 5.74) is -0.417. The zero-order chi connectivity index (χ0) is 14.5. The fourth-order valence-corrected chi connectivity index (χ4v) is 3.68. The van der Waals surface area contributed by atoms with Crippen LogP contribution in [0, 0.1) is 5.41 Å². The van der Waals surface area contributed by atoms with Crippen molar-refractivity contribution in [2.45, 2.75) is 31.4 Å². The summed E-state index contributed by atoms with van der Waals surface area (Å²) in [5.74, 6) is -0.103. The van der Waals surface area contributed by atoms with E-state index in [4.69, 9.17) is 0 Å². The molecule has 1 atom stereocenters. The predicted octanol–water partition coefficient (Wildman–Crippen LogP) is 2.16. The van der Waals surface area contributed by atoms with Crippen LogP contribution < -0.4 is 0 Å². The highest BCUT2D eigenvalue weighted by Gasteiger charge is 2.50. The normalized spacial score (nSPS) is 25.0. The maximum atomic E-state index is 13.0. The van der Waals surface area contributed by atoms with E-state index < -0.39 is 11.9 Å². The summed E-state index contributed by atoms with van der Waals surface area (Å²) in [7, 11) is 1.51. The van der Waals surface area contributed by atoms with Crippen molar-refractivity contribution < 1.29 is 18.0 Å². The zero-order valence-electron chi connectivity index (χ0n) is 11.2. The highest BCUT2D eigenvalue weighted by molar-refractivity contribution is 5.49. The number of likely N-dealkylation sites (tertiary alicyclic amines) is 1. The second-order valence-electron chi connectivity index (χ2n) is 6.05. The zero-order valence-corrected chi connectivity index (χ0v) is 11.2. The molecule has 2 aliphatic rings. The molecule has 1 saturated carbocycles. The molecule has 4 nitrogen and oxygen atoms in total. The number of nitrogens with zero attached hydrogens (tertiary/aromatic N) is 3. The molecule has 1 saturated heterocycles. The second kappa shape index (κ2) is 4.23. The smallest absolute Gasteiger partial charge is 0.344 e. The largest absolute Gasteiger partial charge is 0.435 e. The van der Waals surface area contributed by atoms with Gasteiger partial charge in [0, 0.05) is 37.3 Å². The summed E-state index contributed by atoms with van der Waals surface area (Å²) in [5, 5.41) is 3.57. The Morgan fingerprint density at radius 3 is 2.75 bits per heavy atom. The number of aryl methyl sites for hydroxylation is 1. The minimum Gasteiger partial charge on any atom is -0.344 e. The maximum absolute atomic E-state index is 13.0. The van der Waals surface area contributed by atoms with Gasteiger partial charge in [0.05, 0.1) is 0 Å². The molecule has 110 valence electrons. The van der Waals surface area contributed by atoms with E-state index in [2.05, 4.69) is 5.10 Å². The van der Waals surface area contributed by atoms with Gasteiger partial charge in [0.2, 0.25) is 6.41 Å². The third kappa shape index (κ3) is 2.09. The molecule has 0 N–H and O–H groups in total. The van der Waals surface area contributed by atoms with E-state index in [1.165, 1.54) is 17.9 Å². The summed E-state index contributed by atoms with van der Waals surface area (Å²) in [6, 6.07) is 0. The number of carbonyl (C=O) groups is 1. The molecule has 2 fully saturated rings. The average Bonchev–Trinajstić information content (AvgIpc) is 2.89. The first-order valence-corrected chi connectivity index (χ1v) is 6.63. The van der Waals surface area contributed by atoms with E-state index in [0.717, 1.165) is 19.3 Å². The van der Waals surface area contributed by atoms with Gasteiger partial charge in [-0.2, -0.15) is 18.3 Å². The van der Waals surface area contributed by atoms with Gasteiger partial charge in [0.1, 0.15) is 0 Å². The van der Waals surface area contributed by atoms with Crippen LogP contribution in [0.25, 0.3) is 0 Å². The molecule has 0 radical (unpaired) electrons. The first-order chi connectivity index (χ1) is 9.33. The Kier molecular flexibility index (Phi) is 2.85. The quantitative estimate of drug-likeness (QED) is 0.782. The van der Waals surface area contributed by atoms with Crippen molar-refractivity contribution in [2.24, 2.45) is 12.5 Å². The highest BCUT2D eigenvalue weighted by atomic mass is 19.4. The molecule has 0 bridgehead atoms.